The fourth-order valence-electron chi connectivity index (χ4n) is 2.75. The maximum absolute atomic E-state index is 12.9. The van der Waals surface area contributed by atoms with Gasteiger partial charge in [0.15, 0.2) is 0 Å². The molecular formula is C23H24FN3O2. The average Bonchev–Trinajstić information content (AvgIpc) is 2.71. The molecule has 6 heteroatoms. The van der Waals surface area contributed by atoms with Crippen LogP contribution in [0.5, 0.6) is 5.75 Å². The summed E-state index contributed by atoms with van der Waals surface area (Å²) in [7, 11) is 0. The Morgan fingerprint density at radius 1 is 1.03 bits per heavy atom. The number of ether oxygens (including phenoxy) is 1. The summed E-state index contributed by atoms with van der Waals surface area (Å²) in [6.07, 6.45) is 2.33. The number of carbonyl (C=O) groups excluding carboxylic acids is 1. The minimum Gasteiger partial charge on any atom is -0.491 e. The summed E-state index contributed by atoms with van der Waals surface area (Å²) >= 11 is 0. The molecule has 0 saturated heterocycles. The van der Waals surface area contributed by atoms with E-state index in [4.69, 9.17) is 4.74 Å². The van der Waals surface area contributed by atoms with Crippen molar-refractivity contribution in [2.24, 2.45) is 0 Å². The predicted octanol–water partition coefficient (Wildman–Crippen LogP) is 4.72. The van der Waals surface area contributed by atoms with Crippen molar-refractivity contribution in [1.29, 1.82) is 0 Å². The van der Waals surface area contributed by atoms with Gasteiger partial charge in [-0.25, -0.2) is 4.39 Å². The van der Waals surface area contributed by atoms with E-state index in [0.29, 0.717) is 18.7 Å². The molecule has 0 bridgehead atoms. The van der Waals surface area contributed by atoms with Crippen molar-refractivity contribution in [2.75, 3.05) is 11.9 Å². The Bertz CT molecular complexity index is 941. The van der Waals surface area contributed by atoms with Crippen molar-refractivity contribution >= 4 is 17.3 Å². The van der Waals surface area contributed by atoms with Crippen LogP contribution in [0.3, 0.4) is 0 Å². The van der Waals surface area contributed by atoms with Crippen LogP contribution in [0.1, 0.15) is 29.9 Å². The number of rotatable bonds is 8. The van der Waals surface area contributed by atoms with E-state index >= 15 is 0 Å². The molecule has 0 atom stereocenters. The smallest absolute Gasteiger partial charge is 0.269 e. The maximum Gasteiger partial charge on any atom is 0.269 e. The molecule has 0 radical (unpaired) electrons. The van der Waals surface area contributed by atoms with Crippen LogP contribution in [-0.4, -0.2) is 23.5 Å². The number of anilines is 2. The highest BCUT2D eigenvalue weighted by Gasteiger charge is 2.08. The molecule has 0 aliphatic rings. The molecule has 2 aromatic carbocycles. The molecule has 0 aliphatic heterocycles. The molecule has 0 fully saturated rings. The largest absolute Gasteiger partial charge is 0.491 e. The lowest BCUT2D eigenvalue weighted by atomic mass is 10.1. The van der Waals surface area contributed by atoms with Gasteiger partial charge in [0, 0.05) is 24.1 Å². The normalized spacial score (nSPS) is 10.6. The summed E-state index contributed by atoms with van der Waals surface area (Å²) in [6.45, 7) is 4.41. The number of amides is 1. The minimum absolute atomic E-state index is 0.123. The molecule has 3 rings (SSSR count). The Morgan fingerprint density at radius 3 is 2.45 bits per heavy atom. The van der Waals surface area contributed by atoms with Crippen LogP contribution < -0.4 is 15.4 Å². The summed E-state index contributed by atoms with van der Waals surface area (Å²) in [5.41, 5.74) is 2.94. The van der Waals surface area contributed by atoms with E-state index in [1.165, 1.54) is 12.1 Å². The SMILES string of the molecule is CC(C)Oc1ccc(Nc2ccnc(C(=O)NCCc3ccc(F)cc3)c2)cc1. The highest BCUT2D eigenvalue weighted by molar-refractivity contribution is 5.93. The van der Waals surface area contributed by atoms with E-state index in [-0.39, 0.29) is 17.8 Å². The Balaban J connectivity index is 1.55. The van der Waals surface area contributed by atoms with E-state index in [0.717, 1.165) is 22.7 Å². The van der Waals surface area contributed by atoms with E-state index in [1.54, 1.807) is 30.5 Å². The van der Waals surface area contributed by atoms with Crippen molar-refractivity contribution < 1.29 is 13.9 Å². The average molecular weight is 393 g/mol. The topological polar surface area (TPSA) is 63.2 Å². The molecule has 150 valence electrons. The molecule has 0 spiro atoms. The minimum atomic E-state index is -0.270. The van der Waals surface area contributed by atoms with Gasteiger partial charge in [-0.1, -0.05) is 12.1 Å². The summed E-state index contributed by atoms with van der Waals surface area (Å²) in [4.78, 5) is 16.5. The number of pyridine rings is 1. The second-order valence-corrected chi connectivity index (χ2v) is 6.88. The van der Waals surface area contributed by atoms with Gasteiger partial charge in [0.1, 0.15) is 17.3 Å². The number of nitrogens with one attached hydrogen (secondary N) is 2. The van der Waals surface area contributed by atoms with E-state index < -0.39 is 0 Å². The lowest BCUT2D eigenvalue weighted by Gasteiger charge is -2.11. The van der Waals surface area contributed by atoms with Crippen molar-refractivity contribution in [3.05, 3.63) is 83.9 Å². The van der Waals surface area contributed by atoms with Crippen LogP contribution in [0.15, 0.2) is 66.9 Å². The van der Waals surface area contributed by atoms with Gasteiger partial charge in [0.25, 0.3) is 5.91 Å². The van der Waals surface area contributed by atoms with Gasteiger partial charge in [-0.3, -0.25) is 9.78 Å². The van der Waals surface area contributed by atoms with Gasteiger partial charge in [-0.15, -0.1) is 0 Å². The van der Waals surface area contributed by atoms with Gasteiger partial charge >= 0.3 is 0 Å². The second-order valence-electron chi connectivity index (χ2n) is 6.88. The maximum atomic E-state index is 12.9. The number of halogens is 1. The van der Waals surface area contributed by atoms with Crippen LogP contribution in [0.2, 0.25) is 0 Å². The molecule has 1 amide bonds. The third-order valence-electron chi connectivity index (χ3n) is 4.12. The third kappa shape index (κ3) is 6.31. The molecule has 5 nitrogen and oxygen atoms in total. The number of nitrogens with zero attached hydrogens (tertiary/aromatic N) is 1. The summed E-state index contributed by atoms with van der Waals surface area (Å²) < 4.78 is 18.6. The zero-order valence-corrected chi connectivity index (χ0v) is 16.5. The number of hydrogen-bond acceptors (Lipinski definition) is 4. The summed E-state index contributed by atoms with van der Waals surface area (Å²) in [6, 6.07) is 17.4. The highest BCUT2D eigenvalue weighted by atomic mass is 19.1. The van der Waals surface area contributed by atoms with Crippen molar-refractivity contribution in [3.63, 3.8) is 0 Å². The Hall–Kier alpha value is -3.41. The van der Waals surface area contributed by atoms with Crippen LogP contribution in [0.4, 0.5) is 15.8 Å². The summed E-state index contributed by atoms with van der Waals surface area (Å²) in [5.74, 6) is 0.284. The zero-order valence-electron chi connectivity index (χ0n) is 16.5. The third-order valence-corrected chi connectivity index (χ3v) is 4.12. The van der Waals surface area contributed by atoms with Gasteiger partial charge in [0.05, 0.1) is 6.10 Å². The number of hydrogen-bond donors (Lipinski definition) is 2. The van der Waals surface area contributed by atoms with Crippen molar-refractivity contribution in [1.82, 2.24) is 10.3 Å². The van der Waals surface area contributed by atoms with Crippen molar-refractivity contribution in [2.45, 2.75) is 26.4 Å². The van der Waals surface area contributed by atoms with Gasteiger partial charge in [-0.2, -0.15) is 0 Å². The van der Waals surface area contributed by atoms with E-state index in [2.05, 4.69) is 15.6 Å². The molecule has 0 saturated carbocycles. The molecule has 1 heterocycles. The van der Waals surface area contributed by atoms with Crippen LogP contribution in [0, 0.1) is 5.82 Å². The zero-order chi connectivity index (χ0) is 20.6. The fraction of sp³-hybridized carbons (Fsp3) is 0.217. The first kappa shape index (κ1) is 20.3. The molecule has 0 unspecified atom stereocenters. The fourth-order valence-corrected chi connectivity index (χ4v) is 2.75. The molecule has 3 aromatic rings. The van der Waals surface area contributed by atoms with Gasteiger partial charge in [0.2, 0.25) is 0 Å². The molecule has 2 N–H and O–H groups in total. The monoisotopic (exact) mass is 393 g/mol. The van der Waals surface area contributed by atoms with Crippen LogP contribution in [-0.2, 0) is 6.42 Å². The summed E-state index contributed by atoms with van der Waals surface area (Å²) in [5, 5.41) is 6.10. The van der Waals surface area contributed by atoms with Gasteiger partial charge in [-0.05, 0) is 74.4 Å². The second kappa shape index (κ2) is 9.68. The Kier molecular flexibility index (Phi) is 6.79. The van der Waals surface area contributed by atoms with E-state index in [9.17, 15) is 9.18 Å². The van der Waals surface area contributed by atoms with E-state index in [1.807, 2.05) is 38.1 Å². The molecular weight excluding hydrogens is 369 g/mol. The first-order valence-electron chi connectivity index (χ1n) is 9.52. The quantitative estimate of drug-likeness (QED) is 0.581. The Labute approximate surface area is 169 Å². The molecule has 1 aromatic heterocycles. The van der Waals surface area contributed by atoms with Gasteiger partial charge < -0.3 is 15.4 Å². The lowest BCUT2D eigenvalue weighted by molar-refractivity contribution is 0.0949. The van der Waals surface area contributed by atoms with Crippen LogP contribution >= 0.6 is 0 Å². The number of benzene rings is 2. The Morgan fingerprint density at radius 2 is 1.76 bits per heavy atom. The molecule has 0 aliphatic carbocycles. The standard InChI is InChI=1S/C23H24FN3O2/c1-16(2)29-21-9-7-19(8-10-21)27-20-12-14-25-22(15-20)23(28)26-13-11-17-3-5-18(24)6-4-17/h3-10,12,14-16H,11,13H2,1-2H3,(H,25,27)(H,26,28). The number of aromatic nitrogens is 1. The first-order valence-corrected chi connectivity index (χ1v) is 9.52. The highest BCUT2D eigenvalue weighted by Crippen LogP contribution is 2.21. The first-order chi connectivity index (χ1) is 14.0. The number of carbonyl (C=O) groups is 1. The van der Waals surface area contributed by atoms with Crippen LogP contribution in [0.25, 0.3) is 0 Å². The van der Waals surface area contributed by atoms with Crippen molar-refractivity contribution in [3.8, 4) is 5.75 Å². The lowest BCUT2D eigenvalue weighted by Crippen LogP contribution is -2.26. The molecule has 29 heavy (non-hydrogen) atoms. The predicted molar refractivity (Wildman–Crippen MR) is 112 cm³/mol.